The van der Waals surface area contributed by atoms with Crippen LogP contribution in [0.15, 0.2) is 37.0 Å². The lowest BCUT2D eigenvalue weighted by molar-refractivity contribution is 0.261. The minimum atomic E-state index is 0.380. The molecule has 1 rings (SSSR count). The van der Waals surface area contributed by atoms with Gasteiger partial charge >= 0.3 is 0 Å². The third kappa shape index (κ3) is 1.69. The zero-order chi connectivity index (χ0) is 9.03. The molecule has 0 saturated carbocycles. The standard InChI is InChI=1S/C12H18/c1-4-10-12(3,5-2)11-8-6-7-9-11/h4,6-9,11H,1,5,10H2,2-3H3. The van der Waals surface area contributed by atoms with Gasteiger partial charge in [-0.25, -0.2) is 0 Å². The van der Waals surface area contributed by atoms with E-state index in [1.807, 2.05) is 6.08 Å². The van der Waals surface area contributed by atoms with E-state index in [9.17, 15) is 0 Å². The van der Waals surface area contributed by atoms with Gasteiger partial charge in [-0.3, -0.25) is 0 Å². The van der Waals surface area contributed by atoms with E-state index in [4.69, 9.17) is 0 Å². The first kappa shape index (κ1) is 9.31. The summed E-state index contributed by atoms with van der Waals surface area (Å²) in [5.41, 5.74) is 0.380. The SMILES string of the molecule is C=CCC(C)(CC)C1C=CC=C1. The van der Waals surface area contributed by atoms with Crippen molar-refractivity contribution < 1.29 is 0 Å². The van der Waals surface area contributed by atoms with E-state index < -0.39 is 0 Å². The van der Waals surface area contributed by atoms with E-state index in [1.165, 1.54) is 6.42 Å². The lowest BCUT2D eigenvalue weighted by Gasteiger charge is -2.31. The molecule has 0 saturated heterocycles. The van der Waals surface area contributed by atoms with Crippen LogP contribution in [-0.2, 0) is 0 Å². The zero-order valence-corrected chi connectivity index (χ0v) is 8.09. The summed E-state index contributed by atoms with van der Waals surface area (Å²) in [7, 11) is 0. The smallest absolute Gasteiger partial charge is 0.000949 e. The van der Waals surface area contributed by atoms with Crippen molar-refractivity contribution in [1.29, 1.82) is 0 Å². The highest BCUT2D eigenvalue weighted by atomic mass is 14.3. The molecule has 0 spiro atoms. The van der Waals surface area contributed by atoms with Crippen LogP contribution in [0.3, 0.4) is 0 Å². The van der Waals surface area contributed by atoms with Crippen LogP contribution < -0.4 is 0 Å². The molecule has 1 aliphatic rings. The van der Waals surface area contributed by atoms with E-state index >= 15 is 0 Å². The van der Waals surface area contributed by atoms with Crippen LogP contribution >= 0.6 is 0 Å². The molecule has 0 bridgehead atoms. The van der Waals surface area contributed by atoms with Gasteiger partial charge in [-0.2, -0.15) is 0 Å². The number of allylic oxidation sites excluding steroid dienone is 5. The molecule has 1 aliphatic carbocycles. The molecule has 12 heavy (non-hydrogen) atoms. The Kier molecular flexibility index (Phi) is 2.91. The monoisotopic (exact) mass is 162 g/mol. The lowest BCUT2D eigenvalue weighted by Crippen LogP contribution is -2.22. The van der Waals surface area contributed by atoms with Gasteiger partial charge in [-0.15, -0.1) is 6.58 Å². The maximum absolute atomic E-state index is 3.82. The van der Waals surface area contributed by atoms with Crippen LogP contribution in [0, 0.1) is 11.3 Å². The van der Waals surface area contributed by atoms with Crippen LogP contribution in [0.1, 0.15) is 26.7 Å². The Morgan fingerprint density at radius 1 is 1.42 bits per heavy atom. The van der Waals surface area contributed by atoms with Crippen molar-refractivity contribution in [3.63, 3.8) is 0 Å². The predicted molar refractivity (Wildman–Crippen MR) is 55.0 cm³/mol. The quantitative estimate of drug-likeness (QED) is 0.553. The average Bonchev–Trinajstić information content (AvgIpc) is 2.57. The molecule has 0 heteroatoms. The minimum Gasteiger partial charge on any atom is -0.103 e. The van der Waals surface area contributed by atoms with Gasteiger partial charge < -0.3 is 0 Å². The fraction of sp³-hybridized carbons (Fsp3) is 0.500. The number of hydrogen-bond acceptors (Lipinski definition) is 0. The van der Waals surface area contributed by atoms with Gasteiger partial charge in [0, 0.05) is 5.92 Å². The fourth-order valence-electron chi connectivity index (χ4n) is 1.74. The van der Waals surface area contributed by atoms with Crippen LogP contribution in [-0.4, -0.2) is 0 Å². The molecule has 0 radical (unpaired) electrons. The molecule has 66 valence electrons. The Balaban J connectivity index is 2.71. The second-order valence-corrected chi connectivity index (χ2v) is 3.80. The predicted octanol–water partition coefficient (Wildman–Crippen LogP) is 3.72. The van der Waals surface area contributed by atoms with E-state index in [2.05, 4.69) is 44.7 Å². The Morgan fingerprint density at radius 3 is 2.42 bits per heavy atom. The van der Waals surface area contributed by atoms with Crippen LogP contribution in [0.25, 0.3) is 0 Å². The third-order valence-electron chi connectivity index (χ3n) is 2.97. The van der Waals surface area contributed by atoms with Gasteiger partial charge in [-0.05, 0) is 18.3 Å². The summed E-state index contributed by atoms with van der Waals surface area (Å²) in [5.74, 6) is 0.612. The van der Waals surface area contributed by atoms with Crippen molar-refractivity contribution >= 4 is 0 Å². The summed E-state index contributed by atoms with van der Waals surface area (Å²) in [6, 6.07) is 0. The molecule has 0 nitrogen and oxygen atoms in total. The molecule has 0 fully saturated rings. The molecule has 1 unspecified atom stereocenters. The molecule has 0 aliphatic heterocycles. The lowest BCUT2D eigenvalue weighted by atomic mass is 9.73. The summed E-state index contributed by atoms with van der Waals surface area (Å²) in [6.07, 6.45) is 13.2. The Morgan fingerprint density at radius 2 is 2.00 bits per heavy atom. The second kappa shape index (κ2) is 3.75. The molecular weight excluding hydrogens is 144 g/mol. The molecule has 0 amide bonds. The molecular formula is C12H18. The zero-order valence-electron chi connectivity index (χ0n) is 8.09. The van der Waals surface area contributed by atoms with Gasteiger partial charge in [0.05, 0.1) is 0 Å². The average molecular weight is 162 g/mol. The van der Waals surface area contributed by atoms with E-state index in [0.29, 0.717) is 11.3 Å². The van der Waals surface area contributed by atoms with Crippen molar-refractivity contribution in [2.75, 3.05) is 0 Å². The number of hydrogen-bond donors (Lipinski definition) is 0. The Bertz CT molecular complexity index is 198. The van der Waals surface area contributed by atoms with Gasteiger partial charge in [0.2, 0.25) is 0 Å². The molecule has 0 aromatic carbocycles. The highest BCUT2D eigenvalue weighted by Gasteiger charge is 2.28. The Hall–Kier alpha value is -0.780. The highest BCUT2D eigenvalue weighted by molar-refractivity contribution is 5.21. The van der Waals surface area contributed by atoms with Crippen molar-refractivity contribution in [1.82, 2.24) is 0 Å². The highest BCUT2D eigenvalue weighted by Crippen LogP contribution is 2.38. The first-order chi connectivity index (χ1) is 5.73. The van der Waals surface area contributed by atoms with E-state index in [1.54, 1.807) is 0 Å². The first-order valence-corrected chi connectivity index (χ1v) is 4.69. The van der Waals surface area contributed by atoms with E-state index in [-0.39, 0.29) is 0 Å². The van der Waals surface area contributed by atoms with Crippen LogP contribution in [0.5, 0.6) is 0 Å². The summed E-state index contributed by atoms with van der Waals surface area (Å²) in [4.78, 5) is 0. The third-order valence-corrected chi connectivity index (χ3v) is 2.97. The normalized spacial score (nSPS) is 21.2. The van der Waals surface area contributed by atoms with Gasteiger partial charge in [-0.1, -0.05) is 44.2 Å². The topological polar surface area (TPSA) is 0 Å². The van der Waals surface area contributed by atoms with Crippen LogP contribution in [0.2, 0.25) is 0 Å². The summed E-state index contributed by atoms with van der Waals surface area (Å²) >= 11 is 0. The molecule has 1 atom stereocenters. The van der Waals surface area contributed by atoms with Crippen molar-refractivity contribution in [2.24, 2.45) is 11.3 Å². The first-order valence-electron chi connectivity index (χ1n) is 4.69. The molecule has 0 heterocycles. The maximum Gasteiger partial charge on any atom is 0.000949 e. The second-order valence-electron chi connectivity index (χ2n) is 3.80. The summed E-state index contributed by atoms with van der Waals surface area (Å²) < 4.78 is 0. The van der Waals surface area contributed by atoms with Crippen LogP contribution in [0.4, 0.5) is 0 Å². The summed E-state index contributed by atoms with van der Waals surface area (Å²) in [5, 5.41) is 0. The largest absolute Gasteiger partial charge is 0.103 e. The van der Waals surface area contributed by atoms with Gasteiger partial charge in [0.25, 0.3) is 0 Å². The van der Waals surface area contributed by atoms with E-state index in [0.717, 1.165) is 6.42 Å². The van der Waals surface area contributed by atoms with Crippen molar-refractivity contribution in [2.45, 2.75) is 26.7 Å². The molecule has 0 aromatic rings. The van der Waals surface area contributed by atoms with Gasteiger partial charge in [0.15, 0.2) is 0 Å². The minimum absolute atomic E-state index is 0.380. The van der Waals surface area contributed by atoms with Crippen molar-refractivity contribution in [3.05, 3.63) is 37.0 Å². The number of rotatable bonds is 4. The Labute approximate surface area is 75.7 Å². The molecule has 0 aromatic heterocycles. The summed E-state index contributed by atoms with van der Waals surface area (Å²) in [6.45, 7) is 8.40. The van der Waals surface area contributed by atoms with Gasteiger partial charge in [0.1, 0.15) is 0 Å². The van der Waals surface area contributed by atoms with Crippen molar-refractivity contribution in [3.8, 4) is 0 Å². The maximum atomic E-state index is 3.82. The fourth-order valence-corrected chi connectivity index (χ4v) is 1.74. The molecule has 0 N–H and O–H groups in total.